The molecule has 20 heavy (non-hydrogen) atoms. The van der Waals surface area contributed by atoms with Gasteiger partial charge in [0, 0.05) is 18.4 Å². The van der Waals surface area contributed by atoms with Crippen molar-refractivity contribution < 1.29 is 13.2 Å². The first-order valence-electron chi connectivity index (χ1n) is 7.03. The van der Waals surface area contributed by atoms with E-state index in [-0.39, 0.29) is 23.4 Å². The second-order valence-electron chi connectivity index (χ2n) is 5.50. The molecule has 1 aromatic heterocycles. The third kappa shape index (κ3) is 4.20. The van der Waals surface area contributed by atoms with Crippen molar-refractivity contribution in [3.63, 3.8) is 0 Å². The number of alkyl halides is 3. The number of nitrogens with one attached hydrogen (secondary N) is 1. The zero-order valence-corrected chi connectivity index (χ0v) is 12.5. The van der Waals surface area contributed by atoms with Gasteiger partial charge in [-0.1, -0.05) is 27.7 Å². The van der Waals surface area contributed by atoms with E-state index in [0.29, 0.717) is 6.54 Å². The van der Waals surface area contributed by atoms with E-state index in [1.807, 2.05) is 27.7 Å². The Labute approximate surface area is 118 Å². The summed E-state index contributed by atoms with van der Waals surface area (Å²) in [4.78, 5) is 3.89. The van der Waals surface area contributed by atoms with Crippen LogP contribution in [-0.4, -0.2) is 11.5 Å². The van der Waals surface area contributed by atoms with Crippen molar-refractivity contribution in [3.05, 3.63) is 29.6 Å². The van der Waals surface area contributed by atoms with Crippen LogP contribution in [0, 0.1) is 11.8 Å². The fourth-order valence-electron chi connectivity index (χ4n) is 2.18. The predicted octanol–water partition coefficient (Wildman–Crippen LogP) is 4.43. The summed E-state index contributed by atoms with van der Waals surface area (Å²) in [6.07, 6.45) is -0.928. The summed E-state index contributed by atoms with van der Waals surface area (Å²) >= 11 is 0. The molecule has 2 atom stereocenters. The molecule has 0 saturated heterocycles. The van der Waals surface area contributed by atoms with Gasteiger partial charge < -0.3 is 5.32 Å². The van der Waals surface area contributed by atoms with Crippen LogP contribution >= 0.6 is 0 Å². The van der Waals surface area contributed by atoms with Crippen LogP contribution in [0.3, 0.4) is 0 Å². The number of pyridine rings is 1. The van der Waals surface area contributed by atoms with Gasteiger partial charge in [-0.15, -0.1) is 0 Å². The van der Waals surface area contributed by atoms with Gasteiger partial charge in [0.1, 0.15) is 0 Å². The quantitative estimate of drug-likeness (QED) is 0.837. The fraction of sp³-hybridized carbons (Fsp3) is 0.667. The van der Waals surface area contributed by atoms with Crippen LogP contribution < -0.4 is 5.32 Å². The highest BCUT2D eigenvalue weighted by Gasteiger charge is 2.36. The molecule has 1 aromatic rings. The van der Waals surface area contributed by atoms with Gasteiger partial charge in [0.25, 0.3) is 0 Å². The second-order valence-corrected chi connectivity index (χ2v) is 5.50. The van der Waals surface area contributed by atoms with Crippen LogP contribution in [0.25, 0.3) is 0 Å². The number of nitrogens with zero attached hydrogens (tertiary/aromatic N) is 1. The van der Waals surface area contributed by atoms with E-state index in [9.17, 15) is 13.2 Å². The number of halogens is 3. The van der Waals surface area contributed by atoms with E-state index >= 15 is 0 Å². The van der Waals surface area contributed by atoms with Crippen LogP contribution in [0.1, 0.15) is 51.3 Å². The van der Waals surface area contributed by atoms with Crippen molar-refractivity contribution in [3.8, 4) is 0 Å². The molecule has 1 rings (SSSR count). The third-order valence-electron chi connectivity index (χ3n) is 3.68. The summed E-state index contributed by atoms with van der Waals surface area (Å²) in [5, 5.41) is 3.24. The van der Waals surface area contributed by atoms with Crippen LogP contribution in [0.15, 0.2) is 18.5 Å². The van der Waals surface area contributed by atoms with Gasteiger partial charge in [-0.3, -0.25) is 4.98 Å². The standard InChI is InChI=1S/C15H23F3N2/c1-5-7-20-14(11(4)10(2)3)12-9-19-8-6-13(12)15(16,17)18/h6,8-11,14,20H,5,7H2,1-4H3. The second kappa shape index (κ2) is 7.07. The van der Waals surface area contributed by atoms with E-state index in [2.05, 4.69) is 10.3 Å². The molecule has 0 bridgehead atoms. The maximum Gasteiger partial charge on any atom is 0.416 e. The first-order chi connectivity index (χ1) is 9.29. The summed E-state index contributed by atoms with van der Waals surface area (Å²) < 4.78 is 39.4. The maximum atomic E-state index is 13.1. The average Bonchev–Trinajstić information content (AvgIpc) is 2.38. The predicted molar refractivity (Wildman–Crippen MR) is 74.3 cm³/mol. The number of hydrogen-bond donors (Lipinski definition) is 1. The molecule has 1 heterocycles. The molecule has 114 valence electrons. The largest absolute Gasteiger partial charge is 0.416 e. The van der Waals surface area contributed by atoms with Gasteiger partial charge in [-0.05, 0) is 36.4 Å². The summed E-state index contributed by atoms with van der Waals surface area (Å²) in [7, 11) is 0. The van der Waals surface area contributed by atoms with Gasteiger partial charge in [-0.2, -0.15) is 13.2 Å². The topological polar surface area (TPSA) is 24.9 Å². The summed E-state index contributed by atoms with van der Waals surface area (Å²) in [5.74, 6) is 0.373. The number of rotatable bonds is 6. The molecule has 0 aliphatic rings. The number of hydrogen-bond acceptors (Lipinski definition) is 2. The molecule has 5 heteroatoms. The molecular weight excluding hydrogens is 265 g/mol. The molecule has 0 amide bonds. The highest BCUT2D eigenvalue weighted by atomic mass is 19.4. The smallest absolute Gasteiger partial charge is 0.310 e. The first kappa shape index (κ1) is 17.0. The minimum atomic E-state index is -4.35. The molecule has 2 nitrogen and oxygen atoms in total. The molecule has 2 unspecified atom stereocenters. The molecule has 0 saturated carbocycles. The van der Waals surface area contributed by atoms with Crippen molar-refractivity contribution in [1.29, 1.82) is 0 Å². The monoisotopic (exact) mass is 288 g/mol. The Balaban J connectivity index is 3.20. The summed E-state index contributed by atoms with van der Waals surface area (Å²) in [6, 6.07) is 0.725. The Morgan fingerprint density at radius 1 is 1.25 bits per heavy atom. The van der Waals surface area contributed by atoms with Gasteiger partial charge in [0.2, 0.25) is 0 Å². The molecule has 0 spiro atoms. The van der Waals surface area contributed by atoms with Gasteiger partial charge >= 0.3 is 6.18 Å². The van der Waals surface area contributed by atoms with E-state index in [1.165, 1.54) is 12.4 Å². The lowest BCUT2D eigenvalue weighted by Crippen LogP contribution is -2.32. The van der Waals surface area contributed by atoms with Crippen LogP contribution in [-0.2, 0) is 6.18 Å². The average molecular weight is 288 g/mol. The minimum absolute atomic E-state index is 0.0897. The van der Waals surface area contributed by atoms with E-state index in [4.69, 9.17) is 0 Å². The van der Waals surface area contributed by atoms with Gasteiger partial charge in [0.05, 0.1) is 5.56 Å². The molecule has 0 aromatic carbocycles. The lowest BCUT2D eigenvalue weighted by molar-refractivity contribution is -0.138. The lowest BCUT2D eigenvalue weighted by Gasteiger charge is -2.30. The van der Waals surface area contributed by atoms with E-state index < -0.39 is 11.7 Å². The van der Waals surface area contributed by atoms with Crippen molar-refractivity contribution >= 4 is 0 Å². The Hall–Kier alpha value is -1.10. The molecule has 0 aliphatic heterocycles. The van der Waals surface area contributed by atoms with E-state index in [0.717, 1.165) is 12.5 Å². The van der Waals surface area contributed by atoms with Crippen LogP contribution in [0.5, 0.6) is 0 Å². The SMILES string of the molecule is CCCNC(c1cnccc1C(F)(F)F)C(C)C(C)C. The first-order valence-corrected chi connectivity index (χ1v) is 7.03. The molecule has 0 radical (unpaired) electrons. The number of aromatic nitrogens is 1. The van der Waals surface area contributed by atoms with Crippen molar-refractivity contribution in [2.75, 3.05) is 6.54 Å². The Kier molecular flexibility index (Phi) is 5.99. The minimum Gasteiger partial charge on any atom is -0.310 e. The zero-order chi connectivity index (χ0) is 15.3. The Bertz CT molecular complexity index is 416. The third-order valence-corrected chi connectivity index (χ3v) is 3.68. The lowest BCUT2D eigenvalue weighted by atomic mass is 9.84. The van der Waals surface area contributed by atoms with Gasteiger partial charge in [0.15, 0.2) is 0 Å². The van der Waals surface area contributed by atoms with Gasteiger partial charge in [-0.25, -0.2) is 0 Å². The molecule has 0 fully saturated rings. The Morgan fingerprint density at radius 3 is 2.40 bits per heavy atom. The zero-order valence-electron chi connectivity index (χ0n) is 12.5. The summed E-state index contributed by atoms with van der Waals surface area (Å²) in [5.41, 5.74) is -0.344. The van der Waals surface area contributed by atoms with Crippen LogP contribution in [0.2, 0.25) is 0 Å². The molecular formula is C15H23F3N2. The Morgan fingerprint density at radius 2 is 1.90 bits per heavy atom. The highest BCUT2D eigenvalue weighted by Crippen LogP contribution is 2.37. The van der Waals surface area contributed by atoms with Crippen molar-refractivity contribution in [2.24, 2.45) is 11.8 Å². The normalized spacial score (nSPS) is 15.4. The fourth-order valence-corrected chi connectivity index (χ4v) is 2.18. The molecule has 0 aliphatic carbocycles. The maximum absolute atomic E-state index is 13.1. The van der Waals surface area contributed by atoms with Crippen LogP contribution in [0.4, 0.5) is 13.2 Å². The van der Waals surface area contributed by atoms with E-state index in [1.54, 1.807) is 0 Å². The van der Waals surface area contributed by atoms with Crippen molar-refractivity contribution in [2.45, 2.75) is 46.3 Å². The highest BCUT2D eigenvalue weighted by molar-refractivity contribution is 5.30. The molecule has 1 N–H and O–H groups in total. The summed E-state index contributed by atoms with van der Waals surface area (Å²) in [6.45, 7) is 8.71. The van der Waals surface area contributed by atoms with Crippen molar-refractivity contribution in [1.82, 2.24) is 10.3 Å².